The average molecular weight is 405 g/mol. The van der Waals surface area contributed by atoms with Crippen molar-refractivity contribution in [1.82, 2.24) is 5.32 Å². The topological polar surface area (TPSA) is 61.4 Å². The van der Waals surface area contributed by atoms with Crippen LogP contribution in [0.5, 0.6) is 0 Å². The molecule has 1 fully saturated rings. The van der Waals surface area contributed by atoms with Crippen LogP contribution in [0.2, 0.25) is 0 Å². The van der Waals surface area contributed by atoms with Crippen LogP contribution < -0.4 is 10.6 Å². The molecule has 0 aliphatic carbocycles. The van der Waals surface area contributed by atoms with Gasteiger partial charge in [0.1, 0.15) is 6.04 Å². The quantitative estimate of drug-likeness (QED) is 0.715. The smallest absolute Gasteiger partial charge is 0.418 e. The van der Waals surface area contributed by atoms with Crippen molar-refractivity contribution in [2.45, 2.75) is 17.2 Å². The second-order valence-electron chi connectivity index (χ2n) is 5.56. The zero-order chi connectivity index (χ0) is 18.1. The number of carboxylic acid groups (broad SMARTS) is 1. The summed E-state index contributed by atoms with van der Waals surface area (Å²) in [6.07, 6.45) is -4.52. The maximum Gasteiger partial charge on any atom is 0.418 e. The van der Waals surface area contributed by atoms with E-state index in [2.05, 4.69) is 10.6 Å². The van der Waals surface area contributed by atoms with Gasteiger partial charge in [-0.05, 0) is 12.1 Å². The zero-order valence-electron chi connectivity index (χ0n) is 13.3. The monoisotopic (exact) mass is 404 g/mol. The molecule has 0 radical (unpaired) electrons. The molecule has 1 saturated heterocycles. The van der Waals surface area contributed by atoms with Gasteiger partial charge in [-0.1, -0.05) is 42.5 Å². The molecular weight excluding hydrogens is 389 g/mol. The summed E-state index contributed by atoms with van der Waals surface area (Å²) in [5.74, 6) is -0.818. The van der Waals surface area contributed by atoms with E-state index in [9.17, 15) is 23.1 Å². The highest BCUT2D eigenvalue weighted by atomic mass is 35.5. The van der Waals surface area contributed by atoms with Gasteiger partial charge in [-0.2, -0.15) is 13.2 Å². The fourth-order valence-corrected chi connectivity index (χ4v) is 4.04. The number of para-hydroxylation sites is 1. The zero-order valence-corrected chi connectivity index (χ0v) is 14.9. The number of halogens is 4. The van der Waals surface area contributed by atoms with Crippen LogP contribution in [0.1, 0.15) is 11.1 Å². The molecule has 140 valence electrons. The maximum absolute atomic E-state index is 13.3. The second kappa shape index (κ2) is 7.77. The van der Waals surface area contributed by atoms with Crippen molar-refractivity contribution < 1.29 is 23.1 Å². The minimum Gasteiger partial charge on any atom is -0.480 e. The molecular formula is C17H16ClF3N2O2S. The van der Waals surface area contributed by atoms with Gasteiger partial charge < -0.3 is 10.4 Å². The van der Waals surface area contributed by atoms with Crippen molar-refractivity contribution in [3.63, 3.8) is 0 Å². The SMILES string of the molecule is Cl.O=C(O)[C@@H]1CSC(Nc2ccccc2C(F)(F)F)(c2ccccc2)N1. The molecule has 1 aliphatic rings. The van der Waals surface area contributed by atoms with Gasteiger partial charge in [0.05, 0.1) is 5.56 Å². The summed E-state index contributed by atoms with van der Waals surface area (Å²) >= 11 is 1.22. The molecule has 3 N–H and O–H groups in total. The summed E-state index contributed by atoms with van der Waals surface area (Å²) in [4.78, 5) is 10.2. The summed E-state index contributed by atoms with van der Waals surface area (Å²) in [5.41, 5.74) is -0.253. The lowest BCUT2D eigenvalue weighted by Gasteiger charge is -2.33. The van der Waals surface area contributed by atoms with Crippen molar-refractivity contribution >= 4 is 35.8 Å². The molecule has 1 aliphatic heterocycles. The van der Waals surface area contributed by atoms with Gasteiger partial charge in [0, 0.05) is 17.0 Å². The standard InChI is InChI=1S/C17H15F3N2O2S.ClH/c18-16(19,20)12-8-4-5-9-13(12)21-17(11-6-2-1-3-7-11)22-14(10-25-17)15(23)24;/h1-9,14,21-22H,10H2,(H,23,24);1H/t14-,17?;/m0./s1. The summed E-state index contributed by atoms with van der Waals surface area (Å²) in [5, 5.41) is 15.1. The first-order valence-corrected chi connectivity index (χ1v) is 8.45. The number of carboxylic acids is 1. The third kappa shape index (κ3) is 4.08. The number of thioether (sulfide) groups is 1. The number of rotatable bonds is 4. The third-order valence-corrected chi connectivity index (χ3v) is 5.25. The normalized spacial score (nSPS) is 22.5. The molecule has 1 unspecified atom stereocenters. The Morgan fingerprint density at radius 3 is 2.35 bits per heavy atom. The van der Waals surface area contributed by atoms with Crippen LogP contribution in [0, 0.1) is 0 Å². The fourth-order valence-electron chi connectivity index (χ4n) is 2.68. The van der Waals surface area contributed by atoms with Gasteiger partial charge in [0.2, 0.25) is 0 Å². The van der Waals surface area contributed by atoms with Crippen molar-refractivity contribution in [1.29, 1.82) is 0 Å². The van der Waals surface area contributed by atoms with E-state index in [1.54, 1.807) is 30.3 Å². The van der Waals surface area contributed by atoms with Gasteiger partial charge >= 0.3 is 12.1 Å². The van der Waals surface area contributed by atoms with E-state index in [-0.39, 0.29) is 23.8 Å². The Balaban J connectivity index is 0.00000243. The number of aliphatic carboxylic acids is 1. The third-order valence-electron chi connectivity index (χ3n) is 3.87. The Labute approximate surface area is 158 Å². The fraction of sp³-hybridized carbons (Fsp3) is 0.235. The molecule has 26 heavy (non-hydrogen) atoms. The van der Waals surface area contributed by atoms with Crippen LogP contribution >= 0.6 is 24.2 Å². The molecule has 4 nitrogen and oxygen atoms in total. The van der Waals surface area contributed by atoms with Crippen molar-refractivity contribution in [3.8, 4) is 0 Å². The van der Waals surface area contributed by atoms with Crippen LogP contribution in [0.25, 0.3) is 0 Å². The molecule has 2 aromatic carbocycles. The number of carbonyl (C=O) groups is 1. The molecule has 9 heteroatoms. The molecule has 0 amide bonds. The summed E-state index contributed by atoms with van der Waals surface area (Å²) in [6.45, 7) is 0. The minimum atomic E-state index is -4.52. The van der Waals surface area contributed by atoms with E-state index in [0.29, 0.717) is 5.56 Å². The van der Waals surface area contributed by atoms with E-state index >= 15 is 0 Å². The van der Waals surface area contributed by atoms with Gasteiger partial charge in [-0.15, -0.1) is 24.2 Å². The number of hydrogen-bond donors (Lipinski definition) is 3. The van der Waals surface area contributed by atoms with E-state index in [0.717, 1.165) is 6.07 Å². The molecule has 2 aromatic rings. The van der Waals surface area contributed by atoms with E-state index < -0.39 is 28.7 Å². The lowest BCUT2D eigenvalue weighted by Crippen LogP contribution is -2.48. The highest BCUT2D eigenvalue weighted by Crippen LogP contribution is 2.43. The summed E-state index contributed by atoms with van der Waals surface area (Å²) in [6, 6.07) is 13.1. The largest absolute Gasteiger partial charge is 0.480 e. The number of benzene rings is 2. The van der Waals surface area contributed by atoms with Crippen molar-refractivity contribution in [2.24, 2.45) is 0 Å². The van der Waals surface area contributed by atoms with Gasteiger partial charge in [-0.25, -0.2) is 0 Å². The lowest BCUT2D eigenvalue weighted by molar-refractivity contribution is -0.139. The highest BCUT2D eigenvalue weighted by molar-refractivity contribution is 8.00. The predicted octanol–water partition coefficient (Wildman–Crippen LogP) is 4.14. The Morgan fingerprint density at radius 1 is 1.15 bits per heavy atom. The first kappa shape index (κ1) is 20.4. The second-order valence-corrected chi connectivity index (χ2v) is 6.80. The Kier molecular flexibility index (Phi) is 6.10. The molecule has 0 bridgehead atoms. The molecule has 1 heterocycles. The Hall–Kier alpha value is -1.90. The van der Waals surface area contributed by atoms with Crippen LogP contribution in [-0.2, 0) is 16.0 Å². The lowest BCUT2D eigenvalue weighted by atomic mass is 10.1. The van der Waals surface area contributed by atoms with E-state index in [1.807, 2.05) is 0 Å². The van der Waals surface area contributed by atoms with E-state index in [1.165, 1.54) is 30.0 Å². The molecule has 0 aromatic heterocycles. The first-order valence-electron chi connectivity index (χ1n) is 7.46. The summed E-state index contributed by atoms with van der Waals surface area (Å²) in [7, 11) is 0. The molecule has 0 saturated carbocycles. The molecule has 3 rings (SSSR count). The number of hydrogen-bond acceptors (Lipinski definition) is 4. The minimum absolute atomic E-state index is 0. The number of nitrogens with one attached hydrogen (secondary N) is 2. The van der Waals surface area contributed by atoms with E-state index in [4.69, 9.17) is 0 Å². The average Bonchev–Trinajstić information content (AvgIpc) is 3.01. The number of alkyl halides is 3. The van der Waals surface area contributed by atoms with Crippen LogP contribution in [0.4, 0.5) is 18.9 Å². The van der Waals surface area contributed by atoms with Gasteiger partial charge in [0.15, 0.2) is 4.99 Å². The Morgan fingerprint density at radius 2 is 1.77 bits per heavy atom. The van der Waals surface area contributed by atoms with Crippen LogP contribution in [-0.4, -0.2) is 22.9 Å². The molecule has 2 atom stereocenters. The van der Waals surface area contributed by atoms with Crippen LogP contribution in [0.15, 0.2) is 54.6 Å². The molecule has 0 spiro atoms. The highest BCUT2D eigenvalue weighted by Gasteiger charge is 2.45. The maximum atomic E-state index is 13.3. The van der Waals surface area contributed by atoms with Crippen LogP contribution in [0.3, 0.4) is 0 Å². The van der Waals surface area contributed by atoms with Gasteiger partial charge in [-0.3, -0.25) is 10.1 Å². The summed E-state index contributed by atoms with van der Waals surface area (Å²) < 4.78 is 39.9. The van der Waals surface area contributed by atoms with Crippen molar-refractivity contribution in [3.05, 3.63) is 65.7 Å². The first-order chi connectivity index (χ1) is 11.8. The predicted molar refractivity (Wildman–Crippen MR) is 97.5 cm³/mol. The van der Waals surface area contributed by atoms with Gasteiger partial charge in [0.25, 0.3) is 0 Å². The number of anilines is 1. The van der Waals surface area contributed by atoms with Crippen molar-refractivity contribution in [2.75, 3.05) is 11.1 Å². The Bertz CT molecular complexity index is 776.